The van der Waals surface area contributed by atoms with E-state index in [1.807, 2.05) is 23.9 Å². The van der Waals surface area contributed by atoms with E-state index in [9.17, 15) is 8.78 Å². The van der Waals surface area contributed by atoms with Gasteiger partial charge in [0.1, 0.15) is 5.75 Å². The molecule has 0 aliphatic carbocycles. The first-order chi connectivity index (χ1) is 8.75. The van der Waals surface area contributed by atoms with Crippen LogP contribution < -0.4 is 10.1 Å². The van der Waals surface area contributed by atoms with Crippen molar-refractivity contribution in [2.75, 3.05) is 18.1 Å². The van der Waals surface area contributed by atoms with Crippen molar-refractivity contribution in [3.05, 3.63) is 29.8 Å². The van der Waals surface area contributed by atoms with Crippen LogP contribution in [0.15, 0.2) is 24.3 Å². The molecule has 0 bridgehead atoms. The minimum absolute atomic E-state index is 0.265. The second kappa shape index (κ2) is 6.95. The molecule has 1 aromatic rings. The zero-order chi connectivity index (χ0) is 12.8. The van der Waals surface area contributed by atoms with Crippen molar-refractivity contribution in [3.8, 4) is 5.75 Å². The average Bonchev–Trinajstić information content (AvgIpc) is 2.84. The zero-order valence-corrected chi connectivity index (χ0v) is 10.9. The van der Waals surface area contributed by atoms with Gasteiger partial charge >= 0.3 is 6.61 Å². The highest BCUT2D eigenvalue weighted by molar-refractivity contribution is 7.99. The molecule has 0 saturated carbocycles. The minimum Gasteiger partial charge on any atom is -0.434 e. The smallest absolute Gasteiger partial charge is 0.387 e. The van der Waals surface area contributed by atoms with E-state index >= 15 is 0 Å². The molecular formula is C13H17F2NOS. The molecule has 2 nitrogen and oxygen atoms in total. The molecule has 1 aromatic carbocycles. The largest absolute Gasteiger partial charge is 0.434 e. The average molecular weight is 273 g/mol. The van der Waals surface area contributed by atoms with E-state index in [1.165, 1.54) is 17.9 Å². The van der Waals surface area contributed by atoms with Crippen LogP contribution in [0.2, 0.25) is 0 Å². The van der Waals surface area contributed by atoms with E-state index in [4.69, 9.17) is 0 Å². The predicted molar refractivity (Wildman–Crippen MR) is 70.2 cm³/mol. The minimum atomic E-state index is -2.77. The van der Waals surface area contributed by atoms with Gasteiger partial charge in [0.15, 0.2) is 0 Å². The molecule has 2 rings (SSSR count). The molecule has 1 atom stereocenters. The van der Waals surface area contributed by atoms with E-state index in [0.29, 0.717) is 12.5 Å². The van der Waals surface area contributed by atoms with Crippen molar-refractivity contribution in [3.63, 3.8) is 0 Å². The highest BCUT2D eigenvalue weighted by Gasteiger charge is 2.15. The standard InChI is InChI=1S/C13H17F2NOS/c14-13(15)17-12-4-2-1-3-11(12)8-16-7-10-5-6-18-9-10/h1-4,10,13,16H,5-9H2. The number of ether oxygens (including phenoxy) is 1. The number of hydrogen-bond donors (Lipinski definition) is 1. The number of halogens is 2. The van der Waals surface area contributed by atoms with Gasteiger partial charge in [-0.3, -0.25) is 0 Å². The van der Waals surface area contributed by atoms with Crippen molar-refractivity contribution in [2.24, 2.45) is 5.92 Å². The number of thioether (sulfide) groups is 1. The molecule has 0 radical (unpaired) electrons. The normalized spacial score (nSPS) is 19.4. The molecule has 0 aromatic heterocycles. The fourth-order valence-electron chi connectivity index (χ4n) is 2.02. The van der Waals surface area contributed by atoms with Gasteiger partial charge in [0, 0.05) is 12.1 Å². The lowest BCUT2D eigenvalue weighted by Crippen LogP contribution is -2.22. The first-order valence-electron chi connectivity index (χ1n) is 6.07. The molecule has 0 amide bonds. The Bertz CT molecular complexity index is 370. The van der Waals surface area contributed by atoms with Gasteiger partial charge in [0.2, 0.25) is 0 Å². The van der Waals surface area contributed by atoms with Gasteiger partial charge in [-0.15, -0.1) is 0 Å². The summed E-state index contributed by atoms with van der Waals surface area (Å²) < 4.78 is 28.9. The summed E-state index contributed by atoms with van der Waals surface area (Å²) >= 11 is 1.98. The molecule has 0 spiro atoms. The summed E-state index contributed by atoms with van der Waals surface area (Å²) in [5.74, 6) is 3.40. The third-order valence-corrected chi connectivity index (χ3v) is 4.19. The van der Waals surface area contributed by atoms with Crippen molar-refractivity contribution in [1.29, 1.82) is 0 Å². The molecule has 5 heteroatoms. The summed E-state index contributed by atoms with van der Waals surface area (Å²) in [6, 6.07) is 6.93. The van der Waals surface area contributed by atoms with Crippen LogP contribution in [0.1, 0.15) is 12.0 Å². The van der Waals surface area contributed by atoms with E-state index in [1.54, 1.807) is 12.1 Å². The maximum Gasteiger partial charge on any atom is 0.387 e. The summed E-state index contributed by atoms with van der Waals surface area (Å²) in [5, 5.41) is 3.32. The lowest BCUT2D eigenvalue weighted by atomic mass is 10.1. The Morgan fingerprint density at radius 1 is 1.39 bits per heavy atom. The Balaban J connectivity index is 1.83. The maximum absolute atomic E-state index is 12.2. The molecule has 100 valence electrons. The maximum atomic E-state index is 12.2. The Hall–Kier alpha value is -0.810. The van der Waals surface area contributed by atoms with Crippen molar-refractivity contribution >= 4 is 11.8 Å². The molecule has 18 heavy (non-hydrogen) atoms. The van der Waals surface area contributed by atoms with Gasteiger partial charge in [-0.1, -0.05) is 18.2 Å². The van der Waals surface area contributed by atoms with Crippen LogP contribution in [0.4, 0.5) is 8.78 Å². The molecular weight excluding hydrogens is 256 g/mol. The SMILES string of the molecule is FC(F)Oc1ccccc1CNCC1CCSC1. The number of benzene rings is 1. The topological polar surface area (TPSA) is 21.3 Å². The summed E-state index contributed by atoms with van der Waals surface area (Å²) in [5.41, 5.74) is 0.781. The fraction of sp³-hybridized carbons (Fsp3) is 0.538. The van der Waals surface area contributed by atoms with Gasteiger partial charge in [0.05, 0.1) is 0 Å². The van der Waals surface area contributed by atoms with Gasteiger partial charge in [-0.25, -0.2) is 0 Å². The number of alkyl halides is 2. The first kappa shape index (κ1) is 13.6. The van der Waals surface area contributed by atoms with E-state index in [-0.39, 0.29) is 5.75 Å². The summed E-state index contributed by atoms with van der Waals surface area (Å²) in [6.45, 7) is -1.25. The monoisotopic (exact) mass is 273 g/mol. The second-order valence-electron chi connectivity index (χ2n) is 4.35. The van der Waals surface area contributed by atoms with Gasteiger partial charge in [0.25, 0.3) is 0 Å². The Morgan fingerprint density at radius 2 is 2.22 bits per heavy atom. The van der Waals surface area contributed by atoms with E-state index in [0.717, 1.165) is 12.1 Å². The first-order valence-corrected chi connectivity index (χ1v) is 7.22. The summed E-state index contributed by atoms with van der Waals surface area (Å²) in [7, 11) is 0. The molecule has 1 fully saturated rings. The molecule has 1 aliphatic heterocycles. The third kappa shape index (κ3) is 4.14. The highest BCUT2D eigenvalue weighted by atomic mass is 32.2. The number of para-hydroxylation sites is 1. The molecule has 1 saturated heterocycles. The van der Waals surface area contributed by atoms with Crippen LogP contribution in [0.3, 0.4) is 0 Å². The number of nitrogens with one attached hydrogen (secondary N) is 1. The van der Waals surface area contributed by atoms with Gasteiger partial charge in [-0.2, -0.15) is 20.5 Å². The fourth-order valence-corrected chi connectivity index (χ4v) is 3.30. The van der Waals surface area contributed by atoms with Crippen LogP contribution in [0.25, 0.3) is 0 Å². The van der Waals surface area contributed by atoms with Gasteiger partial charge in [-0.05, 0) is 36.5 Å². The lowest BCUT2D eigenvalue weighted by molar-refractivity contribution is -0.0505. The zero-order valence-electron chi connectivity index (χ0n) is 10.1. The number of rotatable bonds is 6. The van der Waals surface area contributed by atoms with E-state index < -0.39 is 6.61 Å². The van der Waals surface area contributed by atoms with Crippen LogP contribution in [-0.2, 0) is 6.54 Å². The van der Waals surface area contributed by atoms with Crippen LogP contribution in [-0.4, -0.2) is 24.7 Å². The molecule has 1 heterocycles. The third-order valence-electron chi connectivity index (χ3n) is 2.96. The summed E-state index contributed by atoms with van der Waals surface area (Å²) in [6.07, 6.45) is 1.24. The molecule has 1 unspecified atom stereocenters. The van der Waals surface area contributed by atoms with Crippen LogP contribution >= 0.6 is 11.8 Å². The second-order valence-corrected chi connectivity index (χ2v) is 5.50. The Labute approximate surface area is 110 Å². The molecule has 1 aliphatic rings. The molecule has 1 N–H and O–H groups in total. The van der Waals surface area contributed by atoms with E-state index in [2.05, 4.69) is 10.1 Å². The van der Waals surface area contributed by atoms with Crippen molar-refractivity contribution in [2.45, 2.75) is 19.6 Å². The van der Waals surface area contributed by atoms with Crippen LogP contribution in [0, 0.1) is 5.92 Å². The van der Waals surface area contributed by atoms with Crippen molar-refractivity contribution in [1.82, 2.24) is 5.32 Å². The Kier molecular flexibility index (Phi) is 5.26. The van der Waals surface area contributed by atoms with Crippen LogP contribution in [0.5, 0.6) is 5.75 Å². The number of hydrogen-bond acceptors (Lipinski definition) is 3. The van der Waals surface area contributed by atoms with Gasteiger partial charge < -0.3 is 10.1 Å². The van der Waals surface area contributed by atoms with Crippen molar-refractivity contribution < 1.29 is 13.5 Å². The Morgan fingerprint density at radius 3 is 2.94 bits per heavy atom. The lowest BCUT2D eigenvalue weighted by Gasteiger charge is -2.13. The highest BCUT2D eigenvalue weighted by Crippen LogP contribution is 2.23. The summed E-state index contributed by atoms with van der Waals surface area (Å²) in [4.78, 5) is 0. The predicted octanol–water partition coefficient (Wildman–Crippen LogP) is 3.13. The quantitative estimate of drug-likeness (QED) is 0.860.